The van der Waals surface area contributed by atoms with Crippen molar-refractivity contribution in [3.05, 3.63) is 0 Å². The van der Waals surface area contributed by atoms with Crippen LogP contribution in [0.15, 0.2) is 0 Å². The first-order valence-electron chi connectivity index (χ1n) is 9.70. The number of fused-ring (bicyclic) bond motifs is 5. The van der Waals surface area contributed by atoms with Crippen molar-refractivity contribution < 1.29 is 9.90 Å². The van der Waals surface area contributed by atoms with Gasteiger partial charge in [0, 0.05) is 19.5 Å². The lowest BCUT2D eigenvalue weighted by Gasteiger charge is -2.63. The normalized spacial score (nSPS) is 56.0. The SMILES string of the molecule is C[C@H]1CC2N(C)C(=O)CC[C@]2(C)C2CC[C@]3(C)C[C@@H](O)CC3C21. The molecule has 4 fully saturated rings. The summed E-state index contributed by atoms with van der Waals surface area (Å²) in [7, 11) is 2.03. The largest absolute Gasteiger partial charge is 0.393 e. The monoisotopic (exact) mass is 319 g/mol. The molecule has 1 aliphatic heterocycles. The number of hydrogen-bond donors (Lipinski definition) is 1. The average Bonchev–Trinajstić information content (AvgIpc) is 2.80. The molecule has 1 heterocycles. The zero-order valence-corrected chi connectivity index (χ0v) is 15.2. The van der Waals surface area contributed by atoms with E-state index in [9.17, 15) is 9.90 Å². The van der Waals surface area contributed by atoms with E-state index in [0.717, 1.165) is 43.9 Å². The van der Waals surface area contributed by atoms with Crippen LogP contribution in [0.3, 0.4) is 0 Å². The second-order valence-corrected chi connectivity index (χ2v) is 9.82. The van der Waals surface area contributed by atoms with E-state index >= 15 is 0 Å². The van der Waals surface area contributed by atoms with E-state index < -0.39 is 0 Å². The Bertz CT molecular complexity index is 520. The summed E-state index contributed by atoms with van der Waals surface area (Å²) in [5.74, 6) is 3.17. The average molecular weight is 319 g/mol. The Labute approximate surface area is 140 Å². The van der Waals surface area contributed by atoms with E-state index in [1.54, 1.807) is 0 Å². The molecular formula is C20H33NO2. The zero-order chi connectivity index (χ0) is 16.6. The van der Waals surface area contributed by atoms with Crippen LogP contribution in [0, 0.1) is 34.5 Å². The molecule has 4 rings (SSSR count). The molecule has 130 valence electrons. The minimum absolute atomic E-state index is 0.0860. The Hall–Kier alpha value is -0.570. The summed E-state index contributed by atoms with van der Waals surface area (Å²) >= 11 is 0. The van der Waals surface area contributed by atoms with Crippen LogP contribution < -0.4 is 0 Å². The molecule has 0 aromatic heterocycles. The molecule has 23 heavy (non-hydrogen) atoms. The van der Waals surface area contributed by atoms with Gasteiger partial charge in [-0.1, -0.05) is 20.8 Å². The number of carbonyl (C=O) groups is 1. The molecule has 3 heteroatoms. The van der Waals surface area contributed by atoms with Crippen molar-refractivity contribution in [1.29, 1.82) is 0 Å². The van der Waals surface area contributed by atoms with Gasteiger partial charge in [0.1, 0.15) is 0 Å². The maximum Gasteiger partial charge on any atom is 0.222 e. The molecular weight excluding hydrogens is 286 g/mol. The van der Waals surface area contributed by atoms with Gasteiger partial charge in [0.15, 0.2) is 0 Å². The molecule has 4 aliphatic rings. The van der Waals surface area contributed by atoms with Crippen molar-refractivity contribution in [3.8, 4) is 0 Å². The summed E-state index contributed by atoms with van der Waals surface area (Å²) in [6, 6.07) is 0.427. The van der Waals surface area contributed by atoms with Crippen LogP contribution in [0.4, 0.5) is 0 Å². The van der Waals surface area contributed by atoms with Crippen molar-refractivity contribution in [2.45, 2.75) is 77.9 Å². The van der Waals surface area contributed by atoms with E-state index in [2.05, 4.69) is 25.7 Å². The summed E-state index contributed by atoms with van der Waals surface area (Å²) in [4.78, 5) is 14.3. The first kappa shape index (κ1) is 15.9. The van der Waals surface area contributed by atoms with Crippen LogP contribution in [0.2, 0.25) is 0 Å². The number of carbonyl (C=O) groups excluding carboxylic acids is 1. The highest BCUT2D eigenvalue weighted by Gasteiger charge is 2.61. The van der Waals surface area contributed by atoms with E-state index in [4.69, 9.17) is 0 Å². The van der Waals surface area contributed by atoms with Crippen molar-refractivity contribution in [1.82, 2.24) is 4.90 Å². The van der Waals surface area contributed by atoms with Crippen LogP contribution in [-0.2, 0) is 4.79 Å². The number of rotatable bonds is 0. The molecule has 0 aromatic carbocycles. The van der Waals surface area contributed by atoms with Crippen molar-refractivity contribution >= 4 is 5.91 Å². The Morgan fingerprint density at radius 1 is 1.17 bits per heavy atom. The molecule has 0 spiro atoms. The number of piperidine rings is 1. The topological polar surface area (TPSA) is 40.5 Å². The molecule has 1 saturated heterocycles. The highest BCUT2D eigenvalue weighted by molar-refractivity contribution is 5.77. The molecule has 3 saturated carbocycles. The number of aliphatic hydroxyl groups excluding tert-OH is 1. The fourth-order valence-corrected chi connectivity index (χ4v) is 7.49. The lowest BCUT2D eigenvalue weighted by atomic mass is 9.45. The van der Waals surface area contributed by atoms with E-state index in [1.807, 2.05) is 7.05 Å². The smallest absolute Gasteiger partial charge is 0.222 e. The number of amides is 1. The van der Waals surface area contributed by atoms with Crippen LogP contribution in [-0.4, -0.2) is 35.1 Å². The Balaban J connectivity index is 1.70. The quantitative estimate of drug-likeness (QED) is 0.743. The van der Waals surface area contributed by atoms with E-state index in [-0.39, 0.29) is 11.5 Å². The number of aliphatic hydroxyl groups is 1. The maximum atomic E-state index is 12.2. The summed E-state index contributed by atoms with van der Waals surface area (Å²) in [6.45, 7) is 7.32. The molecule has 0 aromatic rings. The first-order valence-corrected chi connectivity index (χ1v) is 9.70. The van der Waals surface area contributed by atoms with Gasteiger partial charge < -0.3 is 10.0 Å². The summed E-state index contributed by atoms with van der Waals surface area (Å²) < 4.78 is 0. The second-order valence-electron chi connectivity index (χ2n) is 9.82. The summed E-state index contributed by atoms with van der Waals surface area (Å²) in [5.41, 5.74) is 0.642. The molecule has 0 radical (unpaired) electrons. The molecule has 0 bridgehead atoms. The van der Waals surface area contributed by atoms with E-state index in [0.29, 0.717) is 29.2 Å². The van der Waals surface area contributed by atoms with Gasteiger partial charge in [0.05, 0.1) is 6.10 Å². The fraction of sp³-hybridized carbons (Fsp3) is 0.950. The molecule has 1 N–H and O–H groups in total. The van der Waals surface area contributed by atoms with Crippen LogP contribution in [0.1, 0.15) is 65.7 Å². The van der Waals surface area contributed by atoms with Gasteiger partial charge in [0.25, 0.3) is 0 Å². The highest BCUT2D eigenvalue weighted by Crippen LogP contribution is 2.65. The van der Waals surface area contributed by atoms with Gasteiger partial charge in [-0.2, -0.15) is 0 Å². The number of nitrogens with zero attached hydrogens (tertiary/aromatic N) is 1. The van der Waals surface area contributed by atoms with Crippen LogP contribution in [0.5, 0.6) is 0 Å². The lowest BCUT2D eigenvalue weighted by Crippen LogP contribution is -2.62. The summed E-state index contributed by atoms with van der Waals surface area (Å²) in [5, 5.41) is 10.3. The summed E-state index contributed by atoms with van der Waals surface area (Å²) in [6.07, 6.45) is 7.45. The third-order valence-electron chi connectivity index (χ3n) is 8.68. The second kappa shape index (κ2) is 4.97. The lowest BCUT2D eigenvalue weighted by molar-refractivity contribution is -0.164. The minimum Gasteiger partial charge on any atom is -0.393 e. The molecule has 3 aliphatic carbocycles. The first-order chi connectivity index (χ1) is 10.8. The Morgan fingerprint density at radius 3 is 2.65 bits per heavy atom. The predicted molar refractivity (Wildman–Crippen MR) is 90.7 cm³/mol. The number of hydrogen-bond acceptors (Lipinski definition) is 2. The van der Waals surface area contributed by atoms with Gasteiger partial charge in [-0.15, -0.1) is 0 Å². The van der Waals surface area contributed by atoms with Gasteiger partial charge in [0.2, 0.25) is 5.91 Å². The van der Waals surface area contributed by atoms with Gasteiger partial charge in [-0.05, 0) is 73.0 Å². The molecule has 3 nitrogen and oxygen atoms in total. The van der Waals surface area contributed by atoms with Crippen molar-refractivity contribution in [2.24, 2.45) is 34.5 Å². The van der Waals surface area contributed by atoms with E-state index in [1.165, 1.54) is 12.8 Å². The highest BCUT2D eigenvalue weighted by atomic mass is 16.3. The fourth-order valence-electron chi connectivity index (χ4n) is 7.49. The van der Waals surface area contributed by atoms with Gasteiger partial charge in [-0.3, -0.25) is 4.79 Å². The Kier molecular flexibility index (Phi) is 3.44. The maximum absolute atomic E-state index is 12.2. The molecule has 1 amide bonds. The predicted octanol–water partition coefficient (Wildman–Crippen LogP) is 3.46. The van der Waals surface area contributed by atoms with Gasteiger partial charge >= 0.3 is 0 Å². The van der Waals surface area contributed by atoms with Crippen LogP contribution in [0.25, 0.3) is 0 Å². The van der Waals surface area contributed by atoms with Crippen molar-refractivity contribution in [2.75, 3.05) is 7.05 Å². The minimum atomic E-state index is -0.0860. The van der Waals surface area contributed by atoms with Gasteiger partial charge in [-0.25, -0.2) is 0 Å². The molecule has 8 atom stereocenters. The Morgan fingerprint density at radius 2 is 1.91 bits per heavy atom. The van der Waals surface area contributed by atoms with Crippen LogP contribution >= 0.6 is 0 Å². The standard InChI is InChI=1S/C20H33NO2/c1-12-9-16-20(3,8-6-17(23)21(16)4)14-5-7-19(2)11-13(22)10-15(19)18(12)14/h12-16,18,22H,5-11H2,1-4H3/t12-,13-,14?,15?,16?,18?,19+,20+/m0/s1. The van der Waals surface area contributed by atoms with Crippen molar-refractivity contribution in [3.63, 3.8) is 0 Å². The third kappa shape index (κ3) is 2.08. The number of likely N-dealkylation sites (tertiary alicyclic amines) is 1. The third-order valence-corrected chi connectivity index (χ3v) is 8.68. The molecule has 4 unspecified atom stereocenters. The zero-order valence-electron chi connectivity index (χ0n) is 15.2.